The Morgan fingerprint density at radius 1 is 1.33 bits per heavy atom. The van der Waals surface area contributed by atoms with Crippen LogP contribution in [0, 0.1) is 0 Å². The maximum absolute atomic E-state index is 11.7. The van der Waals surface area contributed by atoms with Crippen molar-refractivity contribution in [3.05, 3.63) is 28.2 Å². The predicted octanol–water partition coefficient (Wildman–Crippen LogP) is 0.338. The van der Waals surface area contributed by atoms with Crippen molar-refractivity contribution in [1.82, 2.24) is 14.4 Å². The van der Waals surface area contributed by atoms with Crippen molar-refractivity contribution in [3.63, 3.8) is 0 Å². The van der Waals surface area contributed by atoms with Crippen molar-refractivity contribution in [2.24, 2.45) is 0 Å². The Bertz CT molecular complexity index is 507. The van der Waals surface area contributed by atoms with Crippen LogP contribution in [-0.4, -0.2) is 66.4 Å². The number of hydrogen-bond acceptors (Lipinski definition) is 5. The molecule has 6 heteroatoms. The maximum Gasteiger partial charge on any atom is 0.223 e. The fraction of sp³-hybridized carbons (Fsp3) is 0.667. The number of nitrogens with zero attached hydrogens (tertiary/aromatic N) is 3. The molecule has 1 aliphatic rings. The van der Waals surface area contributed by atoms with Gasteiger partial charge in [-0.25, -0.2) is 0 Å². The lowest BCUT2D eigenvalue weighted by Gasteiger charge is -2.28. The summed E-state index contributed by atoms with van der Waals surface area (Å²) in [6.07, 6.45) is 2.54. The fourth-order valence-corrected chi connectivity index (χ4v) is 2.49. The van der Waals surface area contributed by atoms with Crippen LogP contribution in [0.2, 0.25) is 0 Å². The molecular formula is C15H25N3O3. The highest BCUT2D eigenvalue weighted by Crippen LogP contribution is 2.10. The third-order valence-electron chi connectivity index (χ3n) is 3.69. The average Bonchev–Trinajstić information content (AvgIpc) is 2.45. The first-order valence-electron chi connectivity index (χ1n) is 7.43. The monoisotopic (exact) mass is 295 g/mol. The highest BCUT2D eigenvalue weighted by Gasteiger charge is 2.14. The lowest BCUT2D eigenvalue weighted by atomic mass is 10.2. The van der Waals surface area contributed by atoms with Crippen molar-refractivity contribution < 1.29 is 9.84 Å². The second-order valence-electron chi connectivity index (χ2n) is 5.75. The summed E-state index contributed by atoms with van der Waals surface area (Å²) in [5.74, 6) is -0.175. The lowest BCUT2D eigenvalue weighted by Crippen LogP contribution is -2.36. The Labute approximate surface area is 125 Å². The second-order valence-corrected chi connectivity index (χ2v) is 5.75. The Morgan fingerprint density at radius 2 is 2.05 bits per heavy atom. The van der Waals surface area contributed by atoms with Gasteiger partial charge in [-0.15, -0.1) is 0 Å². The molecular weight excluding hydrogens is 270 g/mol. The molecule has 1 saturated heterocycles. The van der Waals surface area contributed by atoms with Gasteiger partial charge in [-0.3, -0.25) is 9.69 Å². The molecule has 21 heavy (non-hydrogen) atoms. The highest BCUT2D eigenvalue weighted by molar-refractivity contribution is 5.20. The summed E-state index contributed by atoms with van der Waals surface area (Å²) in [4.78, 5) is 16.1. The Kier molecular flexibility index (Phi) is 5.78. The molecule has 1 aromatic rings. The SMILES string of the molecule is CN(C)CCCn1cc(O)c(=O)cc1CN1CCOCC1. The molecule has 0 aromatic carbocycles. The molecule has 0 aliphatic carbocycles. The molecule has 0 amide bonds. The molecule has 0 atom stereocenters. The van der Waals surface area contributed by atoms with E-state index in [0.29, 0.717) is 0 Å². The summed E-state index contributed by atoms with van der Waals surface area (Å²) in [7, 11) is 4.08. The lowest BCUT2D eigenvalue weighted by molar-refractivity contribution is 0.0330. The zero-order chi connectivity index (χ0) is 15.2. The van der Waals surface area contributed by atoms with Crippen LogP contribution < -0.4 is 5.43 Å². The molecule has 0 radical (unpaired) electrons. The molecule has 1 aliphatic heterocycles. The number of aromatic hydroxyl groups is 1. The van der Waals surface area contributed by atoms with Gasteiger partial charge < -0.3 is 19.3 Å². The molecule has 0 saturated carbocycles. The summed E-state index contributed by atoms with van der Waals surface area (Å²) in [5, 5.41) is 9.66. The molecule has 0 spiro atoms. The molecule has 0 bridgehead atoms. The largest absolute Gasteiger partial charge is 0.503 e. The molecule has 2 heterocycles. The van der Waals surface area contributed by atoms with Crippen LogP contribution in [0.25, 0.3) is 0 Å². The van der Waals surface area contributed by atoms with E-state index in [1.807, 2.05) is 18.7 Å². The molecule has 1 N–H and O–H groups in total. The van der Waals surface area contributed by atoms with E-state index in [9.17, 15) is 9.90 Å². The van der Waals surface area contributed by atoms with Gasteiger partial charge in [0.1, 0.15) is 0 Å². The number of morpholine rings is 1. The van der Waals surface area contributed by atoms with E-state index < -0.39 is 0 Å². The van der Waals surface area contributed by atoms with Crippen LogP contribution in [-0.2, 0) is 17.8 Å². The average molecular weight is 295 g/mol. The third-order valence-corrected chi connectivity index (χ3v) is 3.69. The van der Waals surface area contributed by atoms with Gasteiger partial charge in [-0.05, 0) is 27.1 Å². The first kappa shape index (κ1) is 16.0. The van der Waals surface area contributed by atoms with E-state index in [-0.39, 0.29) is 11.2 Å². The summed E-state index contributed by atoms with van der Waals surface area (Å²) in [6.45, 7) is 5.74. The summed E-state index contributed by atoms with van der Waals surface area (Å²) in [6, 6.07) is 1.56. The molecule has 1 fully saturated rings. The van der Waals surface area contributed by atoms with E-state index in [1.54, 1.807) is 12.3 Å². The number of ether oxygens (including phenoxy) is 1. The van der Waals surface area contributed by atoms with Crippen LogP contribution >= 0.6 is 0 Å². The smallest absolute Gasteiger partial charge is 0.223 e. The minimum absolute atomic E-state index is 0.175. The van der Waals surface area contributed by atoms with Gasteiger partial charge in [0.15, 0.2) is 5.75 Å². The van der Waals surface area contributed by atoms with Crippen LogP contribution in [0.15, 0.2) is 17.1 Å². The number of pyridine rings is 1. The zero-order valence-electron chi connectivity index (χ0n) is 12.9. The van der Waals surface area contributed by atoms with Gasteiger partial charge in [0.2, 0.25) is 5.43 Å². The minimum Gasteiger partial charge on any atom is -0.503 e. The van der Waals surface area contributed by atoms with Crippen LogP contribution in [0.5, 0.6) is 5.75 Å². The van der Waals surface area contributed by atoms with Crippen LogP contribution in [0.1, 0.15) is 12.1 Å². The first-order valence-corrected chi connectivity index (χ1v) is 7.43. The normalized spacial score (nSPS) is 16.5. The molecule has 1 aromatic heterocycles. The quantitative estimate of drug-likeness (QED) is 0.820. The molecule has 6 nitrogen and oxygen atoms in total. The van der Waals surface area contributed by atoms with Gasteiger partial charge >= 0.3 is 0 Å². The number of rotatable bonds is 6. The topological polar surface area (TPSA) is 57.9 Å². The van der Waals surface area contributed by atoms with Crippen molar-refractivity contribution in [2.75, 3.05) is 46.9 Å². The van der Waals surface area contributed by atoms with E-state index >= 15 is 0 Å². The van der Waals surface area contributed by atoms with E-state index in [0.717, 1.165) is 58.1 Å². The summed E-state index contributed by atoms with van der Waals surface area (Å²) >= 11 is 0. The van der Waals surface area contributed by atoms with Gasteiger partial charge in [0.25, 0.3) is 0 Å². The zero-order valence-corrected chi connectivity index (χ0v) is 12.9. The Morgan fingerprint density at radius 3 is 2.71 bits per heavy atom. The number of aromatic nitrogens is 1. The second kappa shape index (κ2) is 7.59. The van der Waals surface area contributed by atoms with Gasteiger partial charge in [-0.2, -0.15) is 0 Å². The summed E-state index contributed by atoms with van der Waals surface area (Å²) in [5.41, 5.74) is 0.653. The van der Waals surface area contributed by atoms with Crippen LogP contribution in [0.3, 0.4) is 0 Å². The van der Waals surface area contributed by atoms with Crippen molar-refractivity contribution in [3.8, 4) is 5.75 Å². The first-order chi connectivity index (χ1) is 10.1. The van der Waals surface area contributed by atoms with E-state index in [1.165, 1.54) is 0 Å². The minimum atomic E-state index is -0.304. The van der Waals surface area contributed by atoms with Crippen molar-refractivity contribution in [2.45, 2.75) is 19.5 Å². The molecule has 2 rings (SSSR count). The van der Waals surface area contributed by atoms with E-state index in [4.69, 9.17) is 4.74 Å². The fourth-order valence-electron chi connectivity index (χ4n) is 2.49. The van der Waals surface area contributed by atoms with Crippen molar-refractivity contribution in [1.29, 1.82) is 0 Å². The van der Waals surface area contributed by atoms with E-state index in [2.05, 4.69) is 9.80 Å². The standard InChI is InChI=1S/C15H25N3O3/c1-16(2)4-3-5-18-12-15(20)14(19)10-13(18)11-17-6-8-21-9-7-17/h10,12,20H,3-9,11H2,1-2H3. The molecule has 118 valence electrons. The highest BCUT2D eigenvalue weighted by atomic mass is 16.5. The summed E-state index contributed by atoms with van der Waals surface area (Å²) < 4.78 is 7.34. The van der Waals surface area contributed by atoms with Crippen molar-refractivity contribution >= 4 is 0 Å². The Balaban J connectivity index is 2.09. The Hall–Kier alpha value is -1.37. The van der Waals surface area contributed by atoms with Gasteiger partial charge in [0, 0.05) is 37.9 Å². The van der Waals surface area contributed by atoms with Gasteiger partial charge in [0.05, 0.1) is 19.4 Å². The number of aryl methyl sites for hydroxylation is 1. The molecule has 0 unspecified atom stereocenters. The number of hydrogen-bond donors (Lipinski definition) is 1. The predicted molar refractivity (Wildman–Crippen MR) is 81.6 cm³/mol. The van der Waals surface area contributed by atoms with Crippen LogP contribution in [0.4, 0.5) is 0 Å². The third kappa shape index (κ3) is 4.84. The maximum atomic E-state index is 11.7. The van der Waals surface area contributed by atoms with Gasteiger partial charge in [-0.1, -0.05) is 0 Å².